The number of fused-ring (bicyclic) bond motifs is 1. The van der Waals surface area contributed by atoms with E-state index in [0.717, 1.165) is 0 Å². The number of aliphatic hydroxyl groups is 4. The molecule has 0 bridgehead atoms. The Bertz CT molecular complexity index is 519. The summed E-state index contributed by atoms with van der Waals surface area (Å²) in [5.74, 6) is 0.536. The van der Waals surface area contributed by atoms with E-state index >= 15 is 0 Å². The second-order valence-corrected chi connectivity index (χ2v) is 4.74. The van der Waals surface area contributed by atoms with Crippen molar-refractivity contribution in [2.45, 2.75) is 30.6 Å². The first-order chi connectivity index (χ1) is 9.67. The zero-order chi connectivity index (χ0) is 14.3. The molecule has 1 aromatic heterocycles. The van der Waals surface area contributed by atoms with Gasteiger partial charge in [-0.15, -0.1) is 0 Å². The number of ether oxygens (including phenoxy) is 1. The predicted octanol–water partition coefficient (Wildman–Crippen LogP) is -2.02. The molecule has 0 radical (unpaired) electrons. The van der Waals surface area contributed by atoms with E-state index in [2.05, 4.69) is 15.3 Å². The van der Waals surface area contributed by atoms with Crippen molar-refractivity contribution in [2.75, 3.05) is 18.5 Å². The zero-order valence-corrected chi connectivity index (χ0v) is 10.5. The Balaban J connectivity index is 1.92. The number of aliphatic hydroxyl groups excluding tert-OH is 4. The van der Waals surface area contributed by atoms with Crippen LogP contribution in [0, 0.1) is 0 Å². The van der Waals surface area contributed by atoms with Crippen molar-refractivity contribution in [3.8, 4) is 0 Å². The molecule has 4 unspecified atom stereocenters. The lowest BCUT2D eigenvalue weighted by molar-refractivity contribution is -0.0518. The first-order valence-electron chi connectivity index (χ1n) is 6.25. The highest BCUT2D eigenvalue weighted by molar-refractivity contribution is 5.78. The quantitative estimate of drug-likeness (QED) is 0.433. The number of anilines is 1. The van der Waals surface area contributed by atoms with E-state index in [9.17, 15) is 15.3 Å². The summed E-state index contributed by atoms with van der Waals surface area (Å²) in [5.41, 5.74) is 0.535. The highest BCUT2D eigenvalue weighted by atomic mass is 16.6. The molecule has 1 aromatic rings. The molecule has 1 fully saturated rings. The van der Waals surface area contributed by atoms with Gasteiger partial charge in [-0.3, -0.25) is 9.56 Å². The lowest BCUT2D eigenvalue weighted by atomic mass is 10.1. The van der Waals surface area contributed by atoms with E-state index in [1.54, 1.807) is 0 Å². The minimum absolute atomic E-state index is 0.182. The lowest BCUT2D eigenvalue weighted by Crippen LogP contribution is -2.33. The Hall–Kier alpha value is -1.52. The molecule has 0 aromatic carbocycles. The fourth-order valence-corrected chi connectivity index (χ4v) is 2.46. The highest BCUT2D eigenvalue weighted by Gasteiger charge is 2.44. The van der Waals surface area contributed by atoms with Gasteiger partial charge in [0.25, 0.3) is 0 Å². The zero-order valence-electron chi connectivity index (χ0n) is 10.5. The third kappa shape index (κ3) is 1.91. The van der Waals surface area contributed by atoms with Crippen molar-refractivity contribution < 1.29 is 25.2 Å². The Morgan fingerprint density at radius 2 is 2.05 bits per heavy atom. The number of aliphatic imine (C=N–C) groups is 1. The average molecular weight is 284 g/mol. The van der Waals surface area contributed by atoms with E-state index in [0.29, 0.717) is 11.5 Å². The van der Waals surface area contributed by atoms with E-state index < -0.39 is 30.6 Å². The average Bonchev–Trinajstić information content (AvgIpc) is 3.01. The summed E-state index contributed by atoms with van der Waals surface area (Å²) in [6, 6.07) is -0.468. The number of nitrogens with one attached hydrogen (secondary N) is 1. The first-order valence-corrected chi connectivity index (χ1v) is 6.25. The van der Waals surface area contributed by atoms with Crippen molar-refractivity contribution >= 4 is 12.2 Å². The molecule has 1 saturated heterocycles. The SMILES string of the molecule is OCC1OC(n2cnc3c2NC=N[C@@H]3CO)C(O)C1O. The monoisotopic (exact) mass is 284 g/mol. The van der Waals surface area contributed by atoms with Crippen LogP contribution in [0.3, 0.4) is 0 Å². The molecule has 2 aliphatic heterocycles. The van der Waals surface area contributed by atoms with Gasteiger partial charge >= 0.3 is 0 Å². The van der Waals surface area contributed by atoms with Crippen molar-refractivity contribution in [1.82, 2.24) is 9.55 Å². The summed E-state index contributed by atoms with van der Waals surface area (Å²) >= 11 is 0. The molecule has 3 heterocycles. The third-order valence-electron chi connectivity index (χ3n) is 3.56. The maximum absolute atomic E-state index is 10.0. The molecule has 0 amide bonds. The minimum atomic E-state index is -1.18. The minimum Gasteiger partial charge on any atom is -0.394 e. The largest absolute Gasteiger partial charge is 0.394 e. The number of hydrogen-bond donors (Lipinski definition) is 5. The van der Waals surface area contributed by atoms with E-state index in [1.165, 1.54) is 17.2 Å². The van der Waals surface area contributed by atoms with Crippen molar-refractivity contribution in [1.29, 1.82) is 0 Å². The van der Waals surface area contributed by atoms with Gasteiger partial charge in [-0.1, -0.05) is 0 Å². The van der Waals surface area contributed by atoms with Gasteiger partial charge in [0, 0.05) is 0 Å². The van der Waals surface area contributed by atoms with Gasteiger partial charge in [-0.25, -0.2) is 4.98 Å². The molecule has 0 spiro atoms. The van der Waals surface area contributed by atoms with Crippen LogP contribution in [0.15, 0.2) is 11.3 Å². The molecule has 9 heteroatoms. The van der Waals surface area contributed by atoms with E-state index in [-0.39, 0.29) is 13.2 Å². The van der Waals surface area contributed by atoms with Crippen LogP contribution in [0.1, 0.15) is 18.0 Å². The highest BCUT2D eigenvalue weighted by Crippen LogP contribution is 2.35. The Morgan fingerprint density at radius 1 is 1.25 bits per heavy atom. The first kappa shape index (κ1) is 13.5. The van der Waals surface area contributed by atoms with Gasteiger partial charge in [0.2, 0.25) is 0 Å². The van der Waals surface area contributed by atoms with Gasteiger partial charge in [-0.05, 0) is 0 Å². The van der Waals surface area contributed by atoms with Gasteiger partial charge in [-0.2, -0.15) is 0 Å². The molecule has 3 rings (SSSR count). The molecule has 9 nitrogen and oxygen atoms in total. The molecule has 0 saturated carbocycles. The summed E-state index contributed by atoms with van der Waals surface area (Å²) in [6.45, 7) is -0.572. The topological polar surface area (TPSA) is 132 Å². The van der Waals surface area contributed by atoms with Crippen LogP contribution >= 0.6 is 0 Å². The van der Waals surface area contributed by atoms with Crippen LogP contribution < -0.4 is 5.32 Å². The fourth-order valence-electron chi connectivity index (χ4n) is 2.46. The van der Waals surface area contributed by atoms with Crippen LogP contribution in [0.5, 0.6) is 0 Å². The van der Waals surface area contributed by atoms with Crippen molar-refractivity contribution in [2.24, 2.45) is 4.99 Å². The number of rotatable bonds is 3. The van der Waals surface area contributed by atoms with Gasteiger partial charge in [0.15, 0.2) is 6.23 Å². The van der Waals surface area contributed by atoms with Gasteiger partial charge in [0.1, 0.15) is 35.9 Å². The molecule has 5 N–H and O–H groups in total. The van der Waals surface area contributed by atoms with Crippen molar-refractivity contribution in [3.05, 3.63) is 12.0 Å². The molecule has 20 heavy (non-hydrogen) atoms. The maximum atomic E-state index is 10.0. The second-order valence-electron chi connectivity index (χ2n) is 4.74. The fraction of sp³-hybridized carbons (Fsp3) is 0.636. The van der Waals surface area contributed by atoms with Crippen LogP contribution in [0.25, 0.3) is 0 Å². The van der Waals surface area contributed by atoms with Gasteiger partial charge < -0.3 is 30.5 Å². The maximum Gasteiger partial charge on any atom is 0.165 e. The van der Waals surface area contributed by atoms with E-state index in [1.807, 2.05) is 0 Å². The molecule has 5 atom stereocenters. The predicted molar refractivity (Wildman–Crippen MR) is 67.2 cm³/mol. The molecule has 110 valence electrons. The molecule has 0 aliphatic carbocycles. The van der Waals surface area contributed by atoms with Crippen molar-refractivity contribution in [3.63, 3.8) is 0 Å². The molecular weight excluding hydrogens is 268 g/mol. The normalized spacial score (nSPS) is 35.9. The summed E-state index contributed by atoms with van der Waals surface area (Å²) in [7, 11) is 0. The standard InChI is InChI=1S/C11H16N4O5/c16-1-5-7-10(13-3-12-5)15(4-14-7)11-9(19)8(18)6(2-17)20-11/h3-6,8-9,11,16-19H,1-2H2,(H,12,13)/t5-,6?,8?,9?,11?/m1/s1. The summed E-state index contributed by atoms with van der Waals surface area (Å²) < 4.78 is 6.96. The second kappa shape index (κ2) is 5.11. The number of imidazole rings is 1. The van der Waals surface area contributed by atoms with Crippen LogP contribution in [0.2, 0.25) is 0 Å². The Labute approximate surface area is 114 Å². The number of aromatic nitrogens is 2. The number of nitrogens with zero attached hydrogens (tertiary/aromatic N) is 3. The number of hydrogen-bond acceptors (Lipinski definition) is 8. The van der Waals surface area contributed by atoms with E-state index in [4.69, 9.17) is 9.84 Å². The Kier molecular flexibility index (Phi) is 3.44. The third-order valence-corrected chi connectivity index (χ3v) is 3.56. The van der Waals surface area contributed by atoms with Crippen LogP contribution in [0.4, 0.5) is 5.82 Å². The summed E-state index contributed by atoms with van der Waals surface area (Å²) in [4.78, 5) is 8.20. The summed E-state index contributed by atoms with van der Waals surface area (Å²) in [5, 5.41) is 41.0. The Morgan fingerprint density at radius 3 is 2.70 bits per heavy atom. The molecular formula is C11H16N4O5. The summed E-state index contributed by atoms with van der Waals surface area (Å²) in [6.07, 6.45) is -1.19. The lowest BCUT2D eigenvalue weighted by Gasteiger charge is -2.21. The van der Waals surface area contributed by atoms with Crippen LogP contribution in [-0.2, 0) is 4.74 Å². The molecule has 2 aliphatic rings. The van der Waals surface area contributed by atoms with Crippen LogP contribution in [-0.4, -0.2) is 67.8 Å². The van der Waals surface area contributed by atoms with Gasteiger partial charge in [0.05, 0.1) is 25.9 Å². The smallest absolute Gasteiger partial charge is 0.165 e.